The van der Waals surface area contributed by atoms with Gasteiger partial charge in [-0.05, 0) is 46.8 Å². The molecule has 3 unspecified atom stereocenters. The van der Waals surface area contributed by atoms with Crippen molar-refractivity contribution in [2.24, 2.45) is 38.7 Å². The second-order valence-electron chi connectivity index (χ2n) is 12.3. The van der Waals surface area contributed by atoms with E-state index in [0.29, 0.717) is 12.0 Å². The first-order valence-electron chi connectivity index (χ1n) is 10.8. The van der Waals surface area contributed by atoms with Crippen molar-refractivity contribution < 1.29 is 4.79 Å². The molecule has 1 aliphatic carbocycles. The normalized spacial score (nSPS) is 27.1. The first-order chi connectivity index (χ1) is 12.5. The maximum atomic E-state index is 12.8. The summed E-state index contributed by atoms with van der Waals surface area (Å²) in [4.78, 5) is 17.0. The molecule has 1 saturated carbocycles. The van der Waals surface area contributed by atoms with E-state index in [0.717, 1.165) is 19.3 Å². The van der Waals surface area contributed by atoms with Crippen molar-refractivity contribution in [2.75, 3.05) is 0 Å². The summed E-state index contributed by atoms with van der Waals surface area (Å²) in [6.45, 7) is 22.8. The third-order valence-corrected chi connectivity index (χ3v) is 8.46. The largest absolute Gasteiger partial charge is 0.369 e. The van der Waals surface area contributed by atoms with E-state index in [2.05, 4.69) is 85.0 Å². The van der Waals surface area contributed by atoms with Gasteiger partial charge in [0.1, 0.15) is 0 Å². The number of carbonyl (C=O) groups is 1. The van der Waals surface area contributed by atoms with Gasteiger partial charge in [0.05, 0.1) is 11.7 Å². The molecule has 2 N–H and O–H groups in total. The van der Waals surface area contributed by atoms with Crippen LogP contribution in [0.5, 0.6) is 0 Å². The minimum atomic E-state index is -0.415. The molecule has 3 atom stereocenters. The van der Waals surface area contributed by atoms with E-state index in [-0.39, 0.29) is 27.6 Å². The molecule has 0 aromatic carbocycles. The van der Waals surface area contributed by atoms with Crippen LogP contribution < -0.4 is 5.73 Å². The van der Waals surface area contributed by atoms with E-state index in [4.69, 9.17) is 5.73 Å². The van der Waals surface area contributed by atoms with Crippen LogP contribution in [0, 0.1) is 33.0 Å². The predicted octanol–water partition coefficient (Wildman–Crippen LogP) is 5.84. The third-order valence-electron chi connectivity index (χ3n) is 8.46. The van der Waals surface area contributed by atoms with Crippen molar-refractivity contribution in [3.8, 4) is 0 Å². The van der Waals surface area contributed by atoms with Crippen LogP contribution in [0.1, 0.15) is 94.5 Å². The summed E-state index contributed by atoms with van der Waals surface area (Å²) in [6, 6.07) is 0.311. The number of nitrogens with two attached hydrogens (primary N) is 1. The number of primary amides is 1. The lowest BCUT2D eigenvalue weighted by molar-refractivity contribution is -0.127. The summed E-state index contributed by atoms with van der Waals surface area (Å²) in [7, 11) is 0. The SMILES string of the molecule is CC(C)C(C)(C)CC1(C(N)=O)CC1(C)C(C)(C)CC(n1ccnc1)C(C)(C)C. The van der Waals surface area contributed by atoms with Gasteiger partial charge >= 0.3 is 0 Å². The quantitative estimate of drug-likeness (QED) is 0.607. The molecule has 28 heavy (non-hydrogen) atoms. The Kier molecular flexibility index (Phi) is 5.64. The van der Waals surface area contributed by atoms with Crippen molar-refractivity contribution in [2.45, 2.75) is 94.5 Å². The Hall–Kier alpha value is -1.32. The summed E-state index contributed by atoms with van der Waals surface area (Å²) in [5, 5.41) is 0. The van der Waals surface area contributed by atoms with Gasteiger partial charge in [0.2, 0.25) is 5.91 Å². The molecule has 2 rings (SSSR count). The average Bonchev–Trinajstić information content (AvgIpc) is 2.91. The number of hydrogen-bond donors (Lipinski definition) is 1. The van der Waals surface area contributed by atoms with Crippen LogP contribution in [0.15, 0.2) is 18.7 Å². The smallest absolute Gasteiger partial charge is 0.224 e. The van der Waals surface area contributed by atoms with Gasteiger partial charge in [-0.3, -0.25) is 4.79 Å². The Bertz CT molecular complexity index is 696. The number of imidazole rings is 1. The van der Waals surface area contributed by atoms with Crippen LogP contribution in [0.2, 0.25) is 0 Å². The van der Waals surface area contributed by atoms with Crippen molar-refractivity contribution in [1.82, 2.24) is 9.55 Å². The summed E-state index contributed by atoms with van der Waals surface area (Å²) in [5.74, 6) is 0.386. The first kappa shape index (κ1) is 23.0. The molecular weight excluding hydrogens is 346 g/mol. The molecule has 1 aromatic rings. The van der Waals surface area contributed by atoms with E-state index in [1.54, 1.807) is 0 Å². The molecule has 160 valence electrons. The van der Waals surface area contributed by atoms with Crippen molar-refractivity contribution in [3.05, 3.63) is 18.7 Å². The number of aromatic nitrogens is 2. The monoisotopic (exact) mass is 389 g/mol. The van der Waals surface area contributed by atoms with Crippen LogP contribution in [0.25, 0.3) is 0 Å². The van der Waals surface area contributed by atoms with E-state index in [9.17, 15) is 4.79 Å². The van der Waals surface area contributed by atoms with E-state index < -0.39 is 5.41 Å². The van der Waals surface area contributed by atoms with Crippen molar-refractivity contribution in [3.63, 3.8) is 0 Å². The molecule has 0 radical (unpaired) electrons. The zero-order chi connectivity index (χ0) is 21.8. The third kappa shape index (κ3) is 3.76. The van der Waals surface area contributed by atoms with Crippen LogP contribution in [-0.4, -0.2) is 15.5 Å². The number of rotatable bonds is 8. The maximum Gasteiger partial charge on any atom is 0.224 e. The van der Waals surface area contributed by atoms with Crippen molar-refractivity contribution in [1.29, 1.82) is 0 Å². The fourth-order valence-corrected chi connectivity index (χ4v) is 5.15. The Morgan fingerprint density at radius 3 is 2.14 bits per heavy atom. The number of nitrogens with zero attached hydrogens (tertiary/aromatic N) is 2. The van der Waals surface area contributed by atoms with Crippen LogP contribution in [0.4, 0.5) is 0 Å². The van der Waals surface area contributed by atoms with E-state index in [1.807, 2.05) is 12.5 Å². The lowest BCUT2D eigenvalue weighted by Gasteiger charge is -2.44. The number of hydrogen-bond acceptors (Lipinski definition) is 2. The Morgan fingerprint density at radius 2 is 1.75 bits per heavy atom. The second-order valence-corrected chi connectivity index (χ2v) is 12.3. The number of amides is 1. The Morgan fingerprint density at radius 1 is 1.18 bits per heavy atom. The molecule has 0 saturated heterocycles. The van der Waals surface area contributed by atoms with Gasteiger partial charge in [0.15, 0.2) is 0 Å². The van der Waals surface area contributed by atoms with Gasteiger partial charge in [-0.15, -0.1) is 0 Å². The first-order valence-corrected chi connectivity index (χ1v) is 10.8. The standard InChI is InChI=1S/C24H43N3O/c1-17(2)21(6,7)14-24(19(25)28)15-23(24,10)22(8,9)13-18(20(3,4)5)27-12-11-26-16-27/h11-12,16-18H,13-15H2,1-10H3,(H2,25,28). The van der Waals surface area contributed by atoms with Gasteiger partial charge in [0, 0.05) is 18.4 Å². The molecule has 1 amide bonds. The second kappa shape index (κ2) is 6.88. The molecule has 1 aromatic heterocycles. The van der Waals surface area contributed by atoms with Gasteiger partial charge < -0.3 is 10.3 Å². The fraction of sp³-hybridized carbons (Fsp3) is 0.833. The topological polar surface area (TPSA) is 60.9 Å². The average molecular weight is 390 g/mol. The van der Waals surface area contributed by atoms with Gasteiger partial charge in [-0.2, -0.15) is 0 Å². The van der Waals surface area contributed by atoms with Crippen LogP contribution >= 0.6 is 0 Å². The Labute approximate surface area is 172 Å². The minimum absolute atomic E-state index is 0.0305. The molecule has 1 fully saturated rings. The minimum Gasteiger partial charge on any atom is -0.369 e. The highest BCUT2D eigenvalue weighted by atomic mass is 16.1. The zero-order valence-corrected chi connectivity index (χ0v) is 19.9. The molecule has 4 nitrogen and oxygen atoms in total. The number of carbonyl (C=O) groups excluding carboxylic acids is 1. The molecule has 1 aliphatic rings. The molecule has 0 spiro atoms. The van der Waals surface area contributed by atoms with Crippen LogP contribution in [0.3, 0.4) is 0 Å². The van der Waals surface area contributed by atoms with E-state index >= 15 is 0 Å². The summed E-state index contributed by atoms with van der Waals surface area (Å²) in [5.41, 5.74) is 5.70. The summed E-state index contributed by atoms with van der Waals surface area (Å²) >= 11 is 0. The molecular formula is C24H43N3O. The fourth-order valence-electron chi connectivity index (χ4n) is 5.15. The maximum absolute atomic E-state index is 12.8. The molecule has 0 bridgehead atoms. The lowest BCUT2D eigenvalue weighted by atomic mass is 9.62. The molecule has 1 heterocycles. The summed E-state index contributed by atoms with van der Waals surface area (Å²) < 4.78 is 2.23. The van der Waals surface area contributed by atoms with Gasteiger partial charge in [0.25, 0.3) is 0 Å². The predicted molar refractivity (Wildman–Crippen MR) is 117 cm³/mol. The summed E-state index contributed by atoms with van der Waals surface area (Å²) in [6.07, 6.45) is 8.57. The molecule has 4 heteroatoms. The highest BCUT2D eigenvalue weighted by Gasteiger charge is 2.74. The Balaban J connectivity index is 2.37. The molecule has 0 aliphatic heterocycles. The van der Waals surface area contributed by atoms with Crippen LogP contribution in [-0.2, 0) is 4.79 Å². The lowest BCUT2D eigenvalue weighted by Crippen LogP contribution is -2.42. The zero-order valence-electron chi connectivity index (χ0n) is 19.9. The van der Waals surface area contributed by atoms with Gasteiger partial charge in [-0.1, -0.05) is 69.2 Å². The van der Waals surface area contributed by atoms with E-state index in [1.165, 1.54) is 0 Å². The van der Waals surface area contributed by atoms with Gasteiger partial charge in [-0.25, -0.2) is 4.98 Å². The van der Waals surface area contributed by atoms with Crippen molar-refractivity contribution >= 4 is 5.91 Å². The highest BCUT2D eigenvalue weighted by molar-refractivity contribution is 5.85. The highest BCUT2D eigenvalue weighted by Crippen LogP contribution is 2.76.